The van der Waals surface area contributed by atoms with E-state index in [-0.39, 0.29) is 35.6 Å². The molecular formula is C18H25ClFN5O. The van der Waals surface area contributed by atoms with Gasteiger partial charge < -0.3 is 10.6 Å². The van der Waals surface area contributed by atoms with E-state index in [1.54, 1.807) is 23.1 Å². The Morgan fingerprint density at radius 2 is 2.08 bits per heavy atom. The molecule has 1 atom stereocenters. The summed E-state index contributed by atoms with van der Waals surface area (Å²) in [6.45, 7) is 7.15. The van der Waals surface area contributed by atoms with Crippen molar-refractivity contribution in [3.63, 3.8) is 0 Å². The average molecular weight is 382 g/mol. The number of rotatable bonds is 3. The molecule has 1 aliphatic heterocycles. The number of para-hydroxylation sites is 1. The third-order valence-corrected chi connectivity index (χ3v) is 4.86. The van der Waals surface area contributed by atoms with Gasteiger partial charge in [-0.1, -0.05) is 32.9 Å². The highest BCUT2D eigenvalue weighted by Gasteiger charge is 2.36. The van der Waals surface area contributed by atoms with Crippen LogP contribution in [0.3, 0.4) is 0 Å². The van der Waals surface area contributed by atoms with Crippen LogP contribution in [0.25, 0.3) is 5.69 Å². The Labute approximate surface area is 159 Å². The van der Waals surface area contributed by atoms with Crippen molar-refractivity contribution in [1.29, 1.82) is 0 Å². The maximum Gasteiger partial charge on any atom is 0.293 e. The van der Waals surface area contributed by atoms with Gasteiger partial charge in [0.15, 0.2) is 0 Å². The second-order valence-corrected chi connectivity index (χ2v) is 7.18. The fraction of sp³-hybridized carbons (Fsp3) is 0.500. The quantitative estimate of drug-likeness (QED) is 0.886. The summed E-state index contributed by atoms with van der Waals surface area (Å²) in [5.41, 5.74) is 6.28. The van der Waals surface area contributed by atoms with Gasteiger partial charge in [0.1, 0.15) is 17.3 Å². The van der Waals surface area contributed by atoms with Gasteiger partial charge in [-0.3, -0.25) is 4.79 Å². The van der Waals surface area contributed by atoms with Crippen LogP contribution in [0.5, 0.6) is 0 Å². The van der Waals surface area contributed by atoms with Crippen molar-refractivity contribution in [2.75, 3.05) is 13.1 Å². The maximum absolute atomic E-state index is 14.1. The van der Waals surface area contributed by atoms with Crippen LogP contribution in [0.2, 0.25) is 0 Å². The van der Waals surface area contributed by atoms with E-state index in [1.807, 2.05) is 6.92 Å². The van der Waals surface area contributed by atoms with E-state index < -0.39 is 5.82 Å². The molecule has 0 saturated carbocycles. The first kappa shape index (κ1) is 20.3. The van der Waals surface area contributed by atoms with Crippen molar-refractivity contribution in [3.8, 4) is 5.69 Å². The Bertz CT molecular complexity index is 792. The number of hydrogen-bond acceptors (Lipinski definition) is 4. The summed E-state index contributed by atoms with van der Waals surface area (Å²) in [4.78, 5) is 18.9. The molecule has 1 aromatic heterocycles. The smallest absolute Gasteiger partial charge is 0.293 e. The first-order chi connectivity index (χ1) is 11.8. The monoisotopic (exact) mass is 381 g/mol. The van der Waals surface area contributed by atoms with Crippen LogP contribution in [0.1, 0.15) is 43.6 Å². The lowest BCUT2D eigenvalue weighted by molar-refractivity contribution is 0.0521. The number of aromatic nitrogens is 3. The van der Waals surface area contributed by atoms with Gasteiger partial charge in [-0.2, -0.15) is 0 Å². The normalized spacial score (nSPS) is 19.1. The highest BCUT2D eigenvalue weighted by molar-refractivity contribution is 5.90. The van der Waals surface area contributed by atoms with Crippen molar-refractivity contribution < 1.29 is 9.18 Å². The average Bonchev–Trinajstić information content (AvgIpc) is 3.01. The molecule has 6 nitrogen and oxygen atoms in total. The summed E-state index contributed by atoms with van der Waals surface area (Å²) in [5.74, 6) is 0.0312. The number of aryl methyl sites for hydroxylation is 1. The number of likely N-dealkylation sites (tertiary alicyclic amines) is 1. The van der Waals surface area contributed by atoms with E-state index in [9.17, 15) is 9.18 Å². The van der Waals surface area contributed by atoms with Crippen molar-refractivity contribution in [2.24, 2.45) is 11.1 Å². The van der Waals surface area contributed by atoms with E-state index in [0.717, 1.165) is 6.42 Å². The van der Waals surface area contributed by atoms with Gasteiger partial charge in [-0.05, 0) is 24.0 Å². The van der Waals surface area contributed by atoms with Crippen LogP contribution in [0.15, 0.2) is 24.3 Å². The third-order valence-electron chi connectivity index (χ3n) is 4.86. The van der Waals surface area contributed by atoms with Gasteiger partial charge in [0.05, 0.1) is 0 Å². The summed E-state index contributed by atoms with van der Waals surface area (Å²) in [6, 6.07) is 6.40. The largest absolute Gasteiger partial charge is 0.335 e. The van der Waals surface area contributed by atoms with Crippen molar-refractivity contribution in [1.82, 2.24) is 19.7 Å². The summed E-state index contributed by atoms with van der Waals surface area (Å²) >= 11 is 0. The van der Waals surface area contributed by atoms with E-state index >= 15 is 0 Å². The van der Waals surface area contributed by atoms with Crippen LogP contribution in [-0.4, -0.2) is 44.7 Å². The predicted octanol–water partition coefficient (Wildman–Crippen LogP) is 2.59. The van der Waals surface area contributed by atoms with Crippen molar-refractivity contribution in [2.45, 2.75) is 39.7 Å². The SMILES string of the molecule is CCc1nc(C(=O)N2CCC(N)C(C)(C)C2)nn1-c1ccccc1F.Cl. The van der Waals surface area contributed by atoms with Crippen molar-refractivity contribution >= 4 is 18.3 Å². The van der Waals surface area contributed by atoms with E-state index in [1.165, 1.54) is 10.7 Å². The van der Waals surface area contributed by atoms with Gasteiger partial charge in [-0.15, -0.1) is 17.5 Å². The molecule has 0 radical (unpaired) electrons. The second kappa shape index (κ2) is 7.72. The highest BCUT2D eigenvalue weighted by Crippen LogP contribution is 2.28. The summed E-state index contributed by atoms with van der Waals surface area (Å²) < 4.78 is 15.5. The van der Waals surface area contributed by atoms with Crippen molar-refractivity contribution in [3.05, 3.63) is 41.7 Å². The van der Waals surface area contributed by atoms with Crippen LogP contribution < -0.4 is 5.73 Å². The molecule has 1 saturated heterocycles. The van der Waals surface area contributed by atoms with Gasteiger partial charge >= 0.3 is 0 Å². The van der Waals surface area contributed by atoms with E-state index in [4.69, 9.17) is 5.73 Å². The Morgan fingerprint density at radius 1 is 1.38 bits per heavy atom. The van der Waals surface area contributed by atoms with Crippen LogP contribution >= 0.6 is 12.4 Å². The Morgan fingerprint density at radius 3 is 2.69 bits per heavy atom. The lowest BCUT2D eigenvalue weighted by Gasteiger charge is -2.42. The molecule has 1 unspecified atom stereocenters. The Balaban J connectivity index is 0.00000243. The fourth-order valence-corrected chi connectivity index (χ4v) is 3.17. The number of carbonyl (C=O) groups is 1. The van der Waals surface area contributed by atoms with Crippen LogP contribution in [0.4, 0.5) is 4.39 Å². The van der Waals surface area contributed by atoms with E-state index in [0.29, 0.717) is 31.0 Å². The van der Waals surface area contributed by atoms with Gasteiger partial charge in [0.25, 0.3) is 5.91 Å². The second-order valence-electron chi connectivity index (χ2n) is 7.18. The van der Waals surface area contributed by atoms with E-state index in [2.05, 4.69) is 23.9 Å². The molecule has 142 valence electrons. The minimum absolute atomic E-state index is 0. The maximum atomic E-state index is 14.1. The van der Waals surface area contributed by atoms with Gasteiger partial charge in [0, 0.05) is 25.6 Å². The molecule has 0 aliphatic carbocycles. The van der Waals surface area contributed by atoms with Gasteiger partial charge in [-0.25, -0.2) is 14.1 Å². The molecule has 2 N–H and O–H groups in total. The zero-order valence-corrected chi connectivity index (χ0v) is 16.1. The number of amides is 1. The number of carbonyl (C=O) groups excluding carboxylic acids is 1. The number of halogens is 2. The third kappa shape index (κ3) is 3.73. The number of nitrogens with zero attached hydrogens (tertiary/aromatic N) is 4. The summed E-state index contributed by atoms with van der Waals surface area (Å²) in [7, 11) is 0. The summed E-state index contributed by atoms with van der Waals surface area (Å²) in [5, 5.41) is 4.30. The fourth-order valence-electron chi connectivity index (χ4n) is 3.17. The minimum atomic E-state index is -0.397. The molecule has 1 amide bonds. The van der Waals surface area contributed by atoms with Crippen LogP contribution in [0, 0.1) is 11.2 Å². The standard InChI is InChI=1S/C18H24FN5O.ClH/c1-4-15-21-16(22-24(15)13-8-6-5-7-12(13)19)17(25)23-10-9-14(20)18(2,3)11-23;/h5-8,14H,4,9-11,20H2,1-3H3;1H. The number of nitrogens with two attached hydrogens (primary N) is 1. The zero-order valence-electron chi connectivity index (χ0n) is 15.3. The Kier molecular flexibility index (Phi) is 6.03. The first-order valence-corrected chi connectivity index (χ1v) is 8.59. The Hall–Kier alpha value is -1.99. The predicted molar refractivity (Wildman–Crippen MR) is 100 cm³/mol. The first-order valence-electron chi connectivity index (χ1n) is 8.59. The zero-order chi connectivity index (χ0) is 18.2. The lowest BCUT2D eigenvalue weighted by Crippen LogP contribution is -2.54. The minimum Gasteiger partial charge on any atom is -0.335 e. The molecule has 8 heteroatoms. The molecule has 1 aromatic carbocycles. The molecule has 1 fully saturated rings. The molecule has 0 spiro atoms. The molecule has 2 heterocycles. The number of benzene rings is 1. The highest BCUT2D eigenvalue weighted by atomic mass is 35.5. The molecule has 0 bridgehead atoms. The van der Waals surface area contributed by atoms with Crippen LogP contribution in [-0.2, 0) is 6.42 Å². The summed E-state index contributed by atoms with van der Waals surface area (Å²) in [6.07, 6.45) is 1.29. The topological polar surface area (TPSA) is 77.0 Å². The molecule has 26 heavy (non-hydrogen) atoms. The van der Waals surface area contributed by atoms with Gasteiger partial charge in [0.2, 0.25) is 5.82 Å². The molecular weight excluding hydrogens is 357 g/mol. The molecule has 3 rings (SSSR count). The molecule has 1 aliphatic rings. The lowest BCUT2D eigenvalue weighted by atomic mass is 9.79. The number of piperidine rings is 1. The molecule has 2 aromatic rings. The number of hydrogen-bond donors (Lipinski definition) is 1.